The molecule has 0 unspecified atom stereocenters. The number of ether oxygens (including phenoxy) is 1. The molecule has 1 fully saturated rings. The van der Waals surface area contributed by atoms with E-state index in [1.54, 1.807) is 7.11 Å². The first kappa shape index (κ1) is 19.1. The summed E-state index contributed by atoms with van der Waals surface area (Å²) in [5.41, 5.74) is 1.05. The summed E-state index contributed by atoms with van der Waals surface area (Å²) in [6, 6.07) is 8.00. The van der Waals surface area contributed by atoms with Gasteiger partial charge in [-0.25, -0.2) is 0 Å². The Bertz CT molecular complexity index is 838. The summed E-state index contributed by atoms with van der Waals surface area (Å²) in [6.07, 6.45) is 2.16. The van der Waals surface area contributed by atoms with Crippen LogP contribution in [-0.2, 0) is 20.9 Å². The third-order valence-corrected chi connectivity index (χ3v) is 6.20. The Balaban J connectivity index is 1.66. The topological polar surface area (TPSA) is 63.9 Å². The van der Waals surface area contributed by atoms with Crippen molar-refractivity contribution >= 4 is 45.1 Å². The highest BCUT2D eigenvalue weighted by Crippen LogP contribution is 2.17. The lowest BCUT2D eigenvalue weighted by Gasteiger charge is -2.14. The molecule has 0 saturated carbocycles. The molecule has 0 atom stereocenters. The van der Waals surface area contributed by atoms with Crippen molar-refractivity contribution in [3.63, 3.8) is 0 Å². The number of amides is 2. The van der Waals surface area contributed by atoms with Crippen molar-refractivity contribution < 1.29 is 14.3 Å². The second-order valence-corrected chi connectivity index (χ2v) is 8.08. The van der Waals surface area contributed by atoms with E-state index >= 15 is 0 Å². The zero-order valence-electron chi connectivity index (χ0n) is 14.8. The average molecular weight is 394 g/mol. The number of aromatic nitrogens is 1. The summed E-state index contributed by atoms with van der Waals surface area (Å²) in [5, 5.41) is 0. The van der Waals surface area contributed by atoms with E-state index < -0.39 is 0 Å². The van der Waals surface area contributed by atoms with Crippen LogP contribution in [0.4, 0.5) is 0 Å². The highest BCUT2D eigenvalue weighted by molar-refractivity contribution is 8.00. The SMILES string of the molecule is COCCn1c(=NC(=O)CSCC(=O)N2CCCC2)sc2ccccc21. The van der Waals surface area contributed by atoms with Crippen LogP contribution in [0.15, 0.2) is 29.3 Å². The quantitative estimate of drug-likeness (QED) is 0.723. The van der Waals surface area contributed by atoms with Gasteiger partial charge in [-0.3, -0.25) is 9.59 Å². The molecular formula is C18H23N3O3S2. The summed E-state index contributed by atoms with van der Waals surface area (Å²) in [7, 11) is 1.66. The fourth-order valence-corrected chi connectivity index (χ4v) is 4.70. The minimum Gasteiger partial charge on any atom is -0.383 e. The monoisotopic (exact) mass is 393 g/mol. The van der Waals surface area contributed by atoms with Crippen LogP contribution in [0.5, 0.6) is 0 Å². The summed E-state index contributed by atoms with van der Waals surface area (Å²) >= 11 is 2.84. The van der Waals surface area contributed by atoms with E-state index in [9.17, 15) is 9.59 Å². The fourth-order valence-electron chi connectivity index (χ4n) is 2.93. The maximum absolute atomic E-state index is 12.3. The van der Waals surface area contributed by atoms with Gasteiger partial charge in [0.25, 0.3) is 5.91 Å². The van der Waals surface area contributed by atoms with Gasteiger partial charge in [-0.15, -0.1) is 11.8 Å². The van der Waals surface area contributed by atoms with Gasteiger partial charge >= 0.3 is 0 Å². The van der Waals surface area contributed by atoms with E-state index in [1.165, 1.54) is 23.1 Å². The summed E-state index contributed by atoms with van der Waals surface area (Å²) in [5.74, 6) is 0.481. The highest BCUT2D eigenvalue weighted by atomic mass is 32.2. The average Bonchev–Trinajstić information content (AvgIpc) is 3.28. The Kier molecular flexibility index (Phi) is 6.87. The molecule has 8 heteroatoms. The van der Waals surface area contributed by atoms with Gasteiger partial charge in [0.15, 0.2) is 4.80 Å². The molecule has 140 valence electrons. The molecule has 1 aromatic heterocycles. The van der Waals surface area contributed by atoms with Crippen molar-refractivity contribution in [1.82, 2.24) is 9.47 Å². The van der Waals surface area contributed by atoms with Crippen molar-refractivity contribution in [2.45, 2.75) is 19.4 Å². The number of carbonyl (C=O) groups excluding carboxylic acids is 2. The number of thiazole rings is 1. The van der Waals surface area contributed by atoms with Gasteiger partial charge in [-0.1, -0.05) is 23.5 Å². The van der Waals surface area contributed by atoms with E-state index in [0.29, 0.717) is 23.7 Å². The second kappa shape index (κ2) is 9.34. The minimum absolute atomic E-state index is 0.123. The first-order valence-corrected chi connectivity index (χ1v) is 10.7. The number of para-hydroxylation sites is 1. The van der Waals surface area contributed by atoms with E-state index in [4.69, 9.17) is 4.74 Å². The van der Waals surface area contributed by atoms with Crippen LogP contribution in [0.1, 0.15) is 12.8 Å². The van der Waals surface area contributed by atoms with Crippen LogP contribution < -0.4 is 4.80 Å². The molecule has 1 aromatic carbocycles. The van der Waals surface area contributed by atoms with Gasteiger partial charge in [-0.05, 0) is 25.0 Å². The molecule has 0 aliphatic carbocycles. The highest BCUT2D eigenvalue weighted by Gasteiger charge is 2.17. The molecule has 0 spiro atoms. The maximum atomic E-state index is 12.3. The van der Waals surface area contributed by atoms with E-state index in [0.717, 1.165) is 36.1 Å². The minimum atomic E-state index is -0.207. The van der Waals surface area contributed by atoms with E-state index in [2.05, 4.69) is 4.99 Å². The molecule has 0 bridgehead atoms. The van der Waals surface area contributed by atoms with Crippen molar-refractivity contribution in [2.24, 2.45) is 4.99 Å². The number of carbonyl (C=O) groups is 2. The Morgan fingerprint density at radius 2 is 2.00 bits per heavy atom. The Hall–Kier alpha value is -1.64. The van der Waals surface area contributed by atoms with Gasteiger partial charge in [0.05, 0.1) is 28.3 Å². The van der Waals surface area contributed by atoms with Crippen LogP contribution in [0.2, 0.25) is 0 Å². The maximum Gasteiger partial charge on any atom is 0.258 e. The molecule has 2 amide bonds. The zero-order valence-corrected chi connectivity index (χ0v) is 16.5. The molecule has 2 aromatic rings. The first-order chi connectivity index (χ1) is 12.7. The summed E-state index contributed by atoms with van der Waals surface area (Å²) in [4.78, 5) is 31.1. The van der Waals surface area contributed by atoms with Crippen molar-refractivity contribution in [2.75, 3.05) is 38.3 Å². The Morgan fingerprint density at radius 3 is 2.77 bits per heavy atom. The molecular weight excluding hydrogens is 370 g/mol. The predicted octanol–water partition coefficient (Wildman–Crippen LogP) is 2.13. The van der Waals surface area contributed by atoms with Crippen molar-refractivity contribution in [3.05, 3.63) is 29.1 Å². The molecule has 1 saturated heterocycles. The van der Waals surface area contributed by atoms with Crippen LogP contribution in [0.25, 0.3) is 10.2 Å². The smallest absolute Gasteiger partial charge is 0.258 e. The molecule has 1 aliphatic heterocycles. The first-order valence-electron chi connectivity index (χ1n) is 8.69. The standard InChI is InChI=1S/C18H23N3O3S2/c1-24-11-10-21-14-6-2-3-7-15(14)26-18(21)19-16(22)12-25-13-17(23)20-8-4-5-9-20/h2-3,6-7H,4-5,8-13H2,1H3. The summed E-state index contributed by atoms with van der Waals surface area (Å²) in [6.45, 7) is 2.90. The van der Waals surface area contributed by atoms with Crippen molar-refractivity contribution in [1.29, 1.82) is 0 Å². The van der Waals surface area contributed by atoms with E-state index in [-0.39, 0.29) is 17.6 Å². The lowest BCUT2D eigenvalue weighted by molar-refractivity contribution is -0.127. The normalized spacial score (nSPS) is 15.1. The number of benzene rings is 1. The number of thioether (sulfide) groups is 1. The van der Waals surface area contributed by atoms with Gasteiger partial charge in [0, 0.05) is 26.7 Å². The lowest BCUT2D eigenvalue weighted by atomic mass is 10.3. The van der Waals surface area contributed by atoms with Crippen LogP contribution in [0.3, 0.4) is 0 Å². The molecule has 0 N–H and O–H groups in total. The Labute approximate surface area is 160 Å². The number of hydrogen-bond donors (Lipinski definition) is 0. The van der Waals surface area contributed by atoms with Crippen LogP contribution in [-0.4, -0.2) is 59.6 Å². The summed E-state index contributed by atoms with van der Waals surface area (Å²) < 4.78 is 8.28. The van der Waals surface area contributed by atoms with Gasteiger partial charge in [0.1, 0.15) is 0 Å². The molecule has 6 nitrogen and oxygen atoms in total. The largest absolute Gasteiger partial charge is 0.383 e. The molecule has 3 rings (SSSR count). The molecule has 26 heavy (non-hydrogen) atoms. The molecule has 0 radical (unpaired) electrons. The Morgan fingerprint density at radius 1 is 1.23 bits per heavy atom. The fraction of sp³-hybridized carbons (Fsp3) is 0.500. The molecule has 2 heterocycles. The lowest BCUT2D eigenvalue weighted by Crippen LogP contribution is -2.29. The number of fused-ring (bicyclic) bond motifs is 1. The van der Waals surface area contributed by atoms with Gasteiger partial charge in [-0.2, -0.15) is 4.99 Å². The van der Waals surface area contributed by atoms with Crippen LogP contribution in [0, 0.1) is 0 Å². The van der Waals surface area contributed by atoms with Crippen molar-refractivity contribution in [3.8, 4) is 0 Å². The third-order valence-electron chi connectivity index (χ3n) is 4.24. The number of nitrogens with zero attached hydrogens (tertiary/aromatic N) is 3. The second-order valence-electron chi connectivity index (χ2n) is 6.08. The zero-order chi connectivity index (χ0) is 18.4. The van der Waals surface area contributed by atoms with Gasteiger partial charge < -0.3 is 14.2 Å². The van der Waals surface area contributed by atoms with Crippen LogP contribution >= 0.6 is 23.1 Å². The number of rotatable bonds is 7. The van der Waals surface area contributed by atoms with Gasteiger partial charge in [0.2, 0.25) is 5.91 Å². The molecule has 1 aliphatic rings. The predicted molar refractivity (Wildman–Crippen MR) is 105 cm³/mol. The van der Waals surface area contributed by atoms with E-state index in [1.807, 2.05) is 33.7 Å². The number of likely N-dealkylation sites (tertiary alicyclic amines) is 1. The third kappa shape index (κ3) is 4.75. The number of methoxy groups -OCH3 is 1. The number of hydrogen-bond acceptors (Lipinski definition) is 5.